The van der Waals surface area contributed by atoms with Gasteiger partial charge in [-0.1, -0.05) is 31.2 Å². The minimum Gasteiger partial charge on any atom is -0.333 e. The number of carbonyl (C=O) groups excluding carboxylic acids is 2. The Morgan fingerprint density at radius 1 is 0.943 bits per heavy atom. The quantitative estimate of drug-likeness (QED) is 0.537. The Bertz CT molecular complexity index is 1230. The van der Waals surface area contributed by atoms with Gasteiger partial charge in [0.25, 0.3) is 5.91 Å². The number of pyridine rings is 1. The van der Waals surface area contributed by atoms with E-state index in [2.05, 4.69) is 9.88 Å². The second-order valence-corrected chi connectivity index (χ2v) is 8.92. The van der Waals surface area contributed by atoms with Crippen molar-refractivity contribution < 1.29 is 18.4 Å². The second-order valence-electron chi connectivity index (χ2n) is 8.92. The number of halogens is 2. The van der Waals surface area contributed by atoms with Gasteiger partial charge in [0.2, 0.25) is 5.91 Å². The van der Waals surface area contributed by atoms with E-state index in [-0.39, 0.29) is 30.5 Å². The summed E-state index contributed by atoms with van der Waals surface area (Å²) in [5.41, 5.74) is 1.70. The monoisotopic (exact) mass is 480 g/mol. The van der Waals surface area contributed by atoms with Gasteiger partial charge in [0, 0.05) is 37.5 Å². The maximum absolute atomic E-state index is 14.4. The molecule has 4 rings (SSSR count). The van der Waals surface area contributed by atoms with E-state index in [1.165, 1.54) is 4.90 Å². The molecule has 0 N–H and O–H groups in total. The Morgan fingerprint density at radius 2 is 1.66 bits per heavy atom. The van der Waals surface area contributed by atoms with E-state index < -0.39 is 11.6 Å². The summed E-state index contributed by atoms with van der Waals surface area (Å²) in [6.07, 6.45) is 1.65. The van der Waals surface area contributed by atoms with E-state index in [4.69, 9.17) is 0 Å². The van der Waals surface area contributed by atoms with Crippen molar-refractivity contribution in [3.05, 3.63) is 71.4 Å². The Labute approximate surface area is 204 Å². The zero-order valence-electron chi connectivity index (χ0n) is 20.1. The summed E-state index contributed by atoms with van der Waals surface area (Å²) in [6, 6.07) is 13.3. The lowest BCUT2D eigenvalue weighted by Gasteiger charge is -2.30. The van der Waals surface area contributed by atoms with Gasteiger partial charge >= 0.3 is 0 Å². The van der Waals surface area contributed by atoms with Crippen LogP contribution < -0.4 is 4.90 Å². The normalized spacial score (nSPS) is 15.9. The number of hydrogen-bond donors (Lipinski definition) is 0. The summed E-state index contributed by atoms with van der Waals surface area (Å²) >= 11 is 0. The molecule has 0 aliphatic carbocycles. The molecule has 0 saturated heterocycles. The molecule has 6 nitrogen and oxygen atoms in total. The molecule has 1 aliphatic rings. The molecular formula is C27H30F2N4O2. The lowest BCUT2D eigenvalue weighted by molar-refractivity contribution is -0.118. The van der Waals surface area contributed by atoms with E-state index in [1.54, 1.807) is 17.9 Å². The van der Waals surface area contributed by atoms with Crippen LogP contribution in [0.1, 0.15) is 42.2 Å². The number of fused-ring (bicyclic) bond motifs is 2. The van der Waals surface area contributed by atoms with Crippen molar-refractivity contribution in [2.75, 3.05) is 38.1 Å². The van der Waals surface area contributed by atoms with Crippen LogP contribution in [0.2, 0.25) is 0 Å². The standard InChI is InChI=1S/C27H30F2N4O2/c1-3-26(34)33-15-7-13-31(2)12-6-14-32(18-20-16-21(28)22(29)17-25(20)33)27(35)24-11-10-19-8-4-5-9-23(19)30-24/h4-5,8-11,16-17H,3,6-7,12-15,18H2,1-2H3. The molecule has 3 aromatic rings. The van der Waals surface area contributed by atoms with E-state index in [1.807, 2.05) is 37.4 Å². The number of anilines is 1. The molecule has 0 atom stereocenters. The zero-order chi connectivity index (χ0) is 24.9. The van der Waals surface area contributed by atoms with Crippen LogP contribution in [-0.4, -0.2) is 59.8 Å². The van der Waals surface area contributed by atoms with Crippen LogP contribution in [-0.2, 0) is 11.3 Å². The van der Waals surface area contributed by atoms with Crippen LogP contribution in [0.25, 0.3) is 10.9 Å². The van der Waals surface area contributed by atoms with Crippen molar-refractivity contribution in [2.24, 2.45) is 0 Å². The molecule has 35 heavy (non-hydrogen) atoms. The summed E-state index contributed by atoms with van der Waals surface area (Å²) in [7, 11) is 2.00. The first-order valence-electron chi connectivity index (χ1n) is 12.0. The van der Waals surface area contributed by atoms with Crippen LogP contribution in [0, 0.1) is 11.6 Å². The molecule has 2 heterocycles. The van der Waals surface area contributed by atoms with E-state index in [9.17, 15) is 18.4 Å². The fraction of sp³-hybridized carbons (Fsp3) is 0.370. The van der Waals surface area contributed by atoms with Gasteiger partial charge in [0.05, 0.1) is 11.2 Å². The molecule has 0 radical (unpaired) electrons. The number of carbonyl (C=O) groups is 2. The average molecular weight is 481 g/mol. The maximum atomic E-state index is 14.4. The van der Waals surface area contributed by atoms with Gasteiger partial charge in [-0.15, -0.1) is 0 Å². The lowest BCUT2D eigenvalue weighted by atomic mass is 10.1. The van der Waals surface area contributed by atoms with Gasteiger partial charge in [-0.3, -0.25) is 9.59 Å². The Hall–Kier alpha value is -3.39. The van der Waals surface area contributed by atoms with Crippen molar-refractivity contribution >= 4 is 28.4 Å². The highest BCUT2D eigenvalue weighted by Gasteiger charge is 2.25. The first-order chi connectivity index (χ1) is 16.9. The van der Waals surface area contributed by atoms with Crippen LogP contribution in [0.4, 0.5) is 14.5 Å². The van der Waals surface area contributed by atoms with Crippen LogP contribution in [0.5, 0.6) is 0 Å². The molecule has 2 amide bonds. The molecule has 0 saturated carbocycles. The molecule has 1 aromatic heterocycles. The van der Waals surface area contributed by atoms with E-state index in [0.717, 1.165) is 30.6 Å². The highest BCUT2D eigenvalue weighted by molar-refractivity contribution is 5.96. The molecule has 2 aromatic carbocycles. The predicted octanol–water partition coefficient (Wildman–Crippen LogP) is 4.62. The van der Waals surface area contributed by atoms with Crippen molar-refractivity contribution in [1.29, 1.82) is 0 Å². The van der Waals surface area contributed by atoms with Gasteiger partial charge < -0.3 is 14.7 Å². The number of aromatic nitrogens is 1. The minimum absolute atomic E-state index is 0.0388. The minimum atomic E-state index is -1.02. The van der Waals surface area contributed by atoms with Crippen molar-refractivity contribution in [3.8, 4) is 0 Å². The third-order valence-corrected chi connectivity index (χ3v) is 6.37. The van der Waals surface area contributed by atoms with E-state index >= 15 is 0 Å². The number of para-hydroxylation sites is 1. The van der Waals surface area contributed by atoms with Crippen molar-refractivity contribution in [1.82, 2.24) is 14.8 Å². The smallest absolute Gasteiger partial charge is 0.272 e. The summed E-state index contributed by atoms with van der Waals surface area (Å²) in [5.74, 6) is -2.49. The van der Waals surface area contributed by atoms with Gasteiger partial charge in [-0.2, -0.15) is 0 Å². The van der Waals surface area contributed by atoms with Gasteiger partial charge in [0.1, 0.15) is 5.69 Å². The molecule has 184 valence electrons. The van der Waals surface area contributed by atoms with Crippen LogP contribution >= 0.6 is 0 Å². The largest absolute Gasteiger partial charge is 0.333 e. The fourth-order valence-electron chi connectivity index (χ4n) is 4.47. The van der Waals surface area contributed by atoms with Crippen LogP contribution in [0.3, 0.4) is 0 Å². The number of hydrogen-bond acceptors (Lipinski definition) is 4. The van der Waals surface area contributed by atoms with Crippen molar-refractivity contribution in [2.45, 2.75) is 32.7 Å². The summed E-state index contributed by atoms with van der Waals surface area (Å²) in [4.78, 5) is 36.2. The topological polar surface area (TPSA) is 56.8 Å². The third kappa shape index (κ3) is 5.65. The first-order valence-corrected chi connectivity index (χ1v) is 12.0. The number of benzene rings is 2. The van der Waals surface area contributed by atoms with E-state index in [0.29, 0.717) is 42.7 Å². The number of amides is 2. The predicted molar refractivity (Wildman–Crippen MR) is 132 cm³/mol. The van der Waals surface area contributed by atoms with Crippen LogP contribution in [0.15, 0.2) is 48.5 Å². The number of nitrogens with zero attached hydrogens (tertiary/aromatic N) is 4. The fourth-order valence-corrected chi connectivity index (χ4v) is 4.47. The Morgan fingerprint density at radius 3 is 2.43 bits per heavy atom. The molecule has 0 unspecified atom stereocenters. The van der Waals surface area contributed by atoms with Gasteiger partial charge in [-0.05, 0) is 56.7 Å². The zero-order valence-corrected chi connectivity index (χ0v) is 20.1. The molecule has 8 heteroatoms. The molecule has 0 fully saturated rings. The van der Waals surface area contributed by atoms with Crippen molar-refractivity contribution in [3.63, 3.8) is 0 Å². The first kappa shape index (κ1) is 24.7. The lowest BCUT2D eigenvalue weighted by Crippen LogP contribution is -2.38. The summed E-state index contributed by atoms with van der Waals surface area (Å²) in [6.45, 7) is 4.09. The summed E-state index contributed by atoms with van der Waals surface area (Å²) < 4.78 is 28.7. The SMILES string of the molecule is CCC(=O)N1CCCN(C)CCCN(C(=O)c2ccc3ccccc3n2)Cc2cc(F)c(F)cc21. The van der Waals surface area contributed by atoms with Gasteiger partial charge in [-0.25, -0.2) is 13.8 Å². The second kappa shape index (κ2) is 10.9. The highest BCUT2D eigenvalue weighted by atomic mass is 19.2. The van der Waals surface area contributed by atoms with Gasteiger partial charge in [0.15, 0.2) is 11.6 Å². The third-order valence-electron chi connectivity index (χ3n) is 6.37. The Balaban J connectivity index is 1.75. The molecule has 0 bridgehead atoms. The molecule has 0 spiro atoms. The summed E-state index contributed by atoms with van der Waals surface area (Å²) in [5, 5.41) is 0.927. The Kier molecular flexibility index (Phi) is 7.70. The average Bonchev–Trinajstić information content (AvgIpc) is 2.86. The number of rotatable bonds is 2. The highest BCUT2D eigenvalue weighted by Crippen LogP contribution is 2.28. The molecule has 1 aliphatic heterocycles. The molecular weight excluding hydrogens is 450 g/mol. The maximum Gasteiger partial charge on any atom is 0.272 e.